The van der Waals surface area contributed by atoms with Gasteiger partial charge in [-0.1, -0.05) is 12.1 Å². The molecule has 1 aliphatic heterocycles. The van der Waals surface area contributed by atoms with E-state index in [4.69, 9.17) is 0 Å². The lowest BCUT2D eigenvalue weighted by Gasteiger charge is -2.33. The lowest BCUT2D eigenvalue weighted by Crippen LogP contribution is -2.39. The third-order valence-corrected chi connectivity index (χ3v) is 5.18. The van der Waals surface area contributed by atoms with Crippen molar-refractivity contribution in [1.82, 2.24) is 14.3 Å². The number of piperidine rings is 1. The van der Waals surface area contributed by atoms with E-state index in [1.807, 2.05) is 40.9 Å². The van der Waals surface area contributed by atoms with E-state index in [1.165, 1.54) is 17.0 Å². The third kappa shape index (κ3) is 2.31. The highest BCUT2D eigenvalue weighted by atomic mass is 32.1. The molecule has 0 aromatic carbocycles. The predicted molar refractivity (Wildman–Crippen MR) is 87.4 cm³/mol. The van der Waals surface area contributed by atoms with E-state index in [-0.39, 0.29) is 5.91 Å². The molecule has 4 rings (SSSR count). The number of pyridine rings is 1. The normalized spacial score (nSPS) is 18.7. The summed E-state index contributed by atoms with van der Waals surface area (Å²) in [5, 5.41) is 1.96. The van der Waals surface area contributed by atoms with Crippen molar-refractivity contribution in [2.75, 3.05) is 13.1 Å². The first-order chi connectivity index (χ1) is 10.8. The maximum Gasteiger partial charge on any atom is 0.263 e. The minimum absolute atomic E-state index is 0.164. The molecule has 3 aromatic heterocycles. The lowest BCUT2D eigenvalue weighted by molar-refractivity contribution is 0.0710. The first-order valence-electron chi connectivity index (χ1n) is 7.58. The zero-order chi connectivity index (χ0) is 14.9. The fraction of sp³-hybridized carbons (Fsp3) is 0.294. The Morgan fingerprint density at radius 1 is 1.27 bits per heavy atom. The number of rotatable bonds is 2. The summed E-state index contributed by atoms with van der Waals surface area (Å²) in [5.41, 5.74) is 2.22. The minimum Gasteiger partial charge on any atom is -0.337 e. The molecule has 0 aliphatic carbocycles. The molecule has 1 aliphatic rings. The number of fused-ring (bicyclic) bond motifs is 1. The molecular formula is C17H17N3OS. The summed E-state index contributed by atoms with van der Waals surface area (Å²) in [6.45, 7) is 1.64. The number of hydrogen-bond donors (Lipinski definition) is 0. The number of likely N-dealkylation sites (tertiary alicyclic amines) is 1. The number of amides is 1. The highest BCUT2D eigenvalue weighted by molar-refractivity contribution is 7.12. The number of imidazole rings is 1. The number of thiophene rings is 1. The summed E-state index contributed by atoms with van der Waals surface area (Å²) < 4.78 is 2.14. The number of carbonyl (C=O) groups excluding carboxylic acids is 1. The molecule has 1 amide bonds. The van der Waals surface area contributed by atoms with Gasteiger partial charge in [0.05, 0.1) is 4.88 Å². The van der Waals surface area contributed by atoms with Gasteiger partial charge in [-0.05, 0) is 36.4 Å². The van der Waals surface area contributed by atoms with Gasteiger partial charge in [0.2, 0.25) is 0 Å². The molecule has 4 heterocycles. The topological polar surface area (TPSA) is 37.6 Å². The summed E-state index contributed by atoms with van der Waals surface area (Å²) in [7, 11) is 0. The van der Waals surface area contributed by atoms with E-state index in [0.29, 0.717) is 5.92 Å². The van der Waals surface area contributed by atoms with Crippen LogP contribution in [0.3, 0.4) is 0 Å². The van der Waals surface area contributed by atoms with E-state index in [9.17, 15) is 4.79 Å². The molecule has 0 spiro atoms. The van der Waals surface area contributed by atoms with E-state index >= 15 is 0 Å². The molecule has 5 heteroatoms. The van der Waals surface area contributed by atoms with Crippen LogP contribution in [0.5, 0.6) is 0 Å². The van der Waals surface area contributed by atoms with Crippen LogP contribution in [-0.2, 0) is 0 Å². The fourth-order valence-electron chi connectivity index (χ4n) is 3.26. The first-order valence-corrected chi connectivity index (χ1v) is 8.45. The van der Waals surface area contributed by atoms with Gasteiger partial charge in [-0.2, -0.15) is 0 Å². The molecule has 0 N–H and O–H groups in total. The van der Waals surface area contributed by atoms with Gasteiger partial charge in [0.1, 0.15) is 5.65 Å². The van der Waals surface area contributed by atoms with E-state index < -0.39 is 0 Å². The standard InChI is InChI=1S/C17H17N3OS/c21-17(15-6-3-11-22-15)19-9-2-4-13(12-19)14-5-1-7-16-18-8-10-20(14)16/h1,3,5-8,10-11,13H,2,4,9,12H2/t13-/m1/s1. The summed E-state index contributed by atoms with van der Waals surface area (Å²) in [5.74, 6) is 0.535. The Balaban J connectivity index is 1.61. The van der Waals surface area contributed by atoms with Gasteiger partial charge in [0.25, 0.3) is 5.91 Å². The number of carbonyl (C=O) groups is 1. The van der Waals surface area contributed by atoms with Crippen LogP contribution in [0.2, 0.25) is 0 Å². The van der Waals surface area contributed by atoms with Crippen molar-refractivity contribution in [2.24, 2.45) is 0 Å². The van der Waals surface area contributed by atoms with Crippen molar-refractivity contribution in [1.29, 1.82) is 0 Å². The lowest BCUT2D eigenvalue weighted by atomic mass is 9.94. The number of hydrogen-bond acceptors (Lipinski definition) is 3. The fourth-order valence-corrected chi connectivity index (χ4v) is 3.95. The minimum atomic E-state index is 0.164. The van der Waals surface area contributed by atoms with Crippen LogP contribution < -0.4 is 0 Å². The molecule has 0 unspecified atom stereocenters. The Kier molecular flexibility index (Phi) is 3.42. The molecule has 1 atom stereocenters. The summed E-state index contributed by atoms with van der Waals surface area (Å²) in [4.78, 5) is 19.8. The molecule has 1 fully saturated rings. The highest BCUT2D eigenvalue weighted by Gasteiger charge is 2.27. The summed E-state index contributed by atoms with van der Waals surface area (Å²) >= 11 is 1.52. The predicted octanol–water partition coefficient (Wildman–Crippen LogP) is 3.42. The van der Waals surface area contributed by atoms with E-state index in [2.05, 4.69) is 21.5 Å². The van der Waals surface area contributed by atoms with Crippen molar-refractivity contribution in [3.05, 3.63) is 58.7 Å². The van der Waals surface area contributed by atoms with E-state index in [1.54, 1.807) is 0 Å². The van der Waals surface area contributed by atoms with Crippen LogP contribution in [0.4, 0.5) is 0 Å². The zero-order valence-corrected chi connectivity index (χ0v) is 13.0. The van der Waals surface area contributed by atoms with Gasteiger partial charge in [-0.15, -0.1) is 11.3 Å². The van der Waals surface area contributed by atoms with E-state index in [0.717, 1.165) is 36.5 Å². The Bertz CT molecular complexity index is 793. The maximum atomic E-state index is 12.6. The van der Waals surface area contributed by atoms with Crippen LogP contribution in [-0.4, -0.2) is 33.3 Å². The smallest absolute Gasteiger partial charge is 0.263 e. The molecular weight excluding hydrogens is 294 g/mol. The highest BCUT2D eigenvalue weighted by Crippen LogP contribution is 2.28. The summed E-state index contributed by atoms with van der Waals surface area (Å²) in [6, 6.07) is 10.1. The van der Waals surface area contributed by atoms with Crippen LogP contribution in [0.1, 0.15) is 34.1 Å². The number of aromatic nitrogens is 2. The second-order valence-corrected chi connectivity index (χ2v) is 6.62. The molecule has 4 nitrogen and oxygen atoms in total. The van der Waals surface area contributed by atoms with Crippen molar-refractivity contribution < 1.29 is 4.79 Å². The van der Waals surface area contributed by atoms with Gasteiger partial charge in [-0.3, -0.25) is 4.79 Å². The maximum absolute atomic E-state index is 12.6. The van der Waals surface area contributed by atoms with Crippen molar-refractivity contribution in [2.45, 2.75) is 18.8 Å². The van der Waals surface area contributed by atoms with Crippen molar-refractivity contribution in [3.8, 4) is 0 Å². The van der Waals surface area contributed by atoms with Crippen molar-refractivity contribution in [3.63, 3.8) is 0 Å². The zero-order valence-electron chi connectivity index (χ0n) is 12.2. The molecule has 3 aromatic rings. The molecule has 0 bridgehead atoms. The quantitative estimate of drug-likeness (QED) is 0.727. The molecule has 0 radical (unpaired) electrons. The van der Waals surface area contributed by atoms with Gasteiger partial charge in [0.15, 0.2) is 0 Å². The van der Waals surface area contributed by atoms with Crippen molar-refractivity contribution >= 4 is 22.9 Å². The van der Waals surface area contributed by atoms with Crippen LogP contribution in [0.15, 0.2) is 48.1 Å². The SMILES string of the molecule is O=C(c1cccs1)N1CCC[C@@H](c2cccc3nccn23)C1. The molecule has 22 heavy (non-hydrogen) atoms. The Labute approximate surface area is 133 Å². The Morgan fingerprint density at radius 3 is 3.09 bits per heavy atom. The molecule has 0 saturated carbocycles. The number of nitrogens with zero attached hydrogens (tertiary/aromatic N) is 3. The van der Waals surface area contributed by atoms with Gasteiger partial charge < -0.3 is 9.30 Å². The largest absolute Gasteiger partial charge is 0.337 e. The Morgan fingerprint density at radius 2 is 2.23 bits per heavy atom. The van der Waals surface area contributed by atoms with Gasteiger partial charge >= 0.3 is 0 Å². The van der Waals surface area contributed by atoms with Gasteiger partial charge in [0, 0.05) is 37.1 Å². The van der Waals surface area contributed by atoms with Crippen LogP contribution in [0.25, 0.3) is 5.65 Å². The monoisotopic (exact) mass is 311 g/mol. The molecule has 1 saturated heterocycles. The van der Waals surface area contributed by atoms with Crippen LogP contribution >= 0.6 is 11.3 Å². The van der Waals surface area contributed by atoms with Gasteiger partial charge in [-0.25, -0.2) is 4.98 Å². The summed E-state index contributed by atoms with van der Waals surface area (Å²) in [6.07, 6.45) is 6.00. The average molecular weight is 311 g/mol. The molecule has 112 valence electrons. The third-order valence-electron chi connectivity index (χ3n) is 4.32. The Hall–Kier alpha value is -2.14. The second-order valence-electron chi connectivity index (χ2n) is 5.67. The average Bonchev–Trinajstić information content (AvgIpc) is 3.25. The second kappa shape index (κ2) is 5.57. The first kappa shape index (κ1) is 13.5. The van der Waals surface area contributed by atoms with Crippen LogP contribution in [0, 0.1) is 0 Å².